The summed E-state index contributed by atoms with van der Waals surface area (Å²) in [5, 5.41) is 12.8. The van der Waals surface area contributed by atoms with E-state index in [0.29, 0.717) is 5.75 Å². The lowest BCUT2D eigenvalue weighted by Crippen LogP contribution is -2.14. The van der Waals surface area contributed by atoms with Crippen molar-refractivity contribution in [3.05, 3.63) is 29.3 Å². The SMILES string of the molecule is CCCCCNCc1cc(C)cc(O)c1. The van der Waals surface area contributed by atoms with Crippen LogP contribution in [-0.2, 0) is 6.54 Å². The van der Waals surface area contributed by atoms with Crippen molar-refractivity contribution in [1.29, 1.82) is 0 Å². The van der Waals surface area contributed by atoms with Crippen LogP contribution in [0.15, 0.2) is 18.2 Å². The van der Waals surface area contributed by atoms with Gasteiger partial charge in [0.25, 0.3) is 0 Å². The van der Waals surface area contributed by atoms with Crippen molar-refractivity contribution in [1.82, 2.24) is 5.32 Å². The molecule has 0 bridgehead atoms. The number of rotatable bonds is 6. The number of nitrogens with one attached hydrogen (secondary N) is 1. The maximum atomic E-state index is 9.41. The molecule has 0 spiro atoms. The van der Waals surface area contributed by atoms with E-state index in [1.807, 2.05) is 13.0 Å². The van der Waals surface area contributed by atoms with Gasteiger partial charge in [-0.25, -0.2) is 0 Å². The van der Waals surface area contributed by atoms with Crippen molar-refractivity contribution >= 4 is 0 Å². The van der Waals surface area contributed by atoms with E-state index in [-0.39, 0.29) is 0 Å². The van der Waals surface area contributed by atoms with Gasteiger partial charge in [0.2, 0.25) is 0 Å². The molecular weight excluding hydrogens is 186 g/mol. The van der Waals surface area contributed by atoms with E-state index in [0.717, 1.165) is 24.2 Å². The minimum absolute atomic E-state index is 0.361. The Morgan fingerprint density at radius 3 is 2.67 bits per heavy atom. The van der Waals surface area contributed by atoms with Crippen LogP contribution in [0.4, 0.5) is 0 Å². The van der Waals surface area contributed by atoms with E-state index >= 15 is 0 Å². The first-order valence-corrected chi connectivity index (χ1v) is 5.72. The first-order valence-electron chi connectivity index (χ1n) is 5.72. The van der Waals surface area contributed by atoms with Crippen LogP contribution in [0, 0.1) is 6.92 Å². The molecule has 0 saturated carbocycles. The first-order chi connectivity index (χ1) is 7.22. The van der Waals surface area contributed by atoms with Crippen molar-refractivity contribution in [2.75, 3.05) is 6.54 Å². The van der Waals surface area contributed by atoms with Crippen LogP contribution < -0.4 is 5.32 Å². The number of aromatic hydroxyl groups is 1. The Balaban J connectivity index is 2.31. The summed E-state index contributed by atoms with van der Waals surface area (Å²) in [6.45, 7) is 6.11. The van der Waals surface area contributed by atoms with Gasteiger partial charge in [-0.15, -0.1) is 0 Å². The zero-order valence-corrected chi connectivity index (χ0v) is 9.71. The number of aryl methyl sites for hydroxylation is 1. The molecule has 15 heavy (non-hydrogen) atoms. The van der Waals surface area contributed by atoms with Crippen LogP contribution in [0.5, 0.6) is 5.75 Å². The van der Waals surface area contributed by atoms with E-state index in [2.05, 4.69) is 18.3 Å². The molecule has 0 aliphatic carbocycles. The summed E-state index contributed by atoms with van der Waals surface area (Å²) in [6, 6.07) is 5.70. The highest BCUT2D eigenvalue weighted by molar-refractivity contribution is 5.32. The van der Waals surface area contributed by atoms with Crippen LogP contribution in [0.2, 0.25) is 0 Å². The third-order valence-electron chi connectivity index (χ3n) is 2.41. The molecule has 2 nitrogen and oxygen atoms in total. The predicted molar refractivity (Wildman–Crippen MR) is 64.1 cm³/mol. The summed E-state index contributed by atoms with van der Waals surface area (Å²) in [4.78, 5) is 0. The Kier molecular flexibility index (Phi) is 5.19. The summed E-state index contributed by atoms with van der Waals surface area (Å²) >= 11 is 0. The van der Waals surface area contributed by atoms with Gasteiger partial charge in [-0.1, -0.05) is 25.8 Å². The second-order valence-corrected chi connectivity index (χ2v) is 4.06. The quantitative estimate of drug-likeness (QED) is 0.703. The summed E-state index contributed by atoms with van der Waals surface area (Å²) in [5.74, 6) is 0.361. The molecular formula is C13H21NO. The lowest BCUT2D eigenvalue weighted by Gasteiger charge is -2.06. The Hall–Kier alpha value is -1.02. The fraction of sp³-hybridized carbons (Fsp3) is 0.538. The summed E-state index contributed by atoms with van der Waals surface area (Å²) in [7, 11) is 0. The van der Waals surface area contributed by atoms with Crippen molar-refractivity contribution in [3.63, 3.8) is 0 Å². The maximum Gasteiger partial charge on any atom is 0.116 e. The number of phenols is 1. The number of hydrogen-bond donors (Lipinski definition) is 2. The topological polar surface area (TPSA) is 32.3 Å². The number of hydrogen-bond acceptors (Lipinski definition) is 2. The Morgan fingerprint density at radius 1 is 1.20 bits per heavy atom. The molecule has 0 fully saturated rings. The minimum Gasteiger partial charge on any atom is -0.508 e. The molecule has 0 aliphatic rings. The summed E-state index contributed by atoms with van der Waals surface area (Å²) in [6.07, 6.45) is 3.77. The van der Waals surface area contributed by atoms with Gasteiger partial charge < -0.3 is 10.4 Å². The summed E-state index contributed by atoms with van der Waals surface area (Å²) in [5.41, 5.74) is 2.27. The van der Waals surface area contributed by atoms with E-state index in [9.17, 15) is 5.11 Å². The van der Waals surface area contributed by atoms with Crippen LogP contribution in [0.25, 0.3) is 0 Å². The Labute approximate surface area is 92.3 Å². The largest absolute Gasteiger partial charge is 0.508 e. The van der Waals surface area contributed by atoms with Gasteiger partial charge in [0.05, 0.1) is 0 Å². The standard InChI is InChI=1S/C13H21NO/c1-3-4-5-6-14-10-12-7-11(2)8-13(15)9-12/h7-9,14-15H,3-6,10H2,1-2H3. The molecule has 0 aromatic heterocycles. The predicted octanol–water partition coefficient (Wildman–Crippen LogP) is 2.98. The lowest BCUT2D eigenvalue weighted by molar-refractivity contribution is 0.473. The van der Waals surface area contributed by atoms with Crippen LogP contribution in [0.1, 0.15) is 37.3 Å². The fourth-order valence-electron chi connectivity index (χ4n) is 1.68. The van der Waals surface area contributed by atoms with Crippen molar-refractivity contribution in [2.45, 2.75) is 39.7 Å². The molecule has 0 unspecified atom stereocenters. The second kappa shape index (κ2) is 6.46. The highest BCUT2D eigenvalue weighted by Gasteiger charge is 1.96. The van der Waals surface area contributed by atoms with Crippen molar-refractivity contribution in [3.8, 4) is 5.75 Å². The van der Waals surface area contributed by atoms with Gasteiger partial charge in [0, 0.05) is 6.54 Å². The number of benzene rings is 1. The van der Waals surface area contributed by atoms with E-state index in [1.165, 1.54) is 19.3 Å². The maximum absolute atomic E-state index is 9.41. The highest BCUT2D eigenvalue weighted by atomic mass is 16.3. The van der Waals surface area contributed by atoms with Gasteiger partial charge in [-0.05, 0) is 43.1 Å². The zero-order chi connectivity index (χ0) is 11.1. The van der Waals surface area contributed by atoms with Gasteiger partial charge in [-0.2, -0.15) is 0 Å². The monoisotopic (exact) mass is 207 g/mol. The third-order valence-corrected chi connectivity index (χ3v) is 2.41. The molecule has 84 valence electrons. The molecule has 0 atom stereocenters. The first kappa shape index (κ1) is 12.1. The second-order valence-electron chi connectivity index (χ2n) is 4.06. The molecule has 2 N–H and O–H groups in total. The van der Waals surface area contributed by atoms with Gasteiger partial charge in [0.15, 0.2) is 0 Å². The average molecular weight is 207 g/mol. The molecule has 0 heterocycles. The van der Waals surface area contributed by atoms with Crippen LogP contribution in [-0.4, -0.2) is 11.7 Å². The van der Waals surface area contributed by atoms with E-state index < -0.39 is 0 Å². The summed E-state index contributed by atoms with van der Waals surface area (Å²) < 4.78 is 0. The molecule has 0 amide bonds. The lowest BCUT2D eigenvalue weighted by atomic mass is 10.1. The minimum atomic E-state index is 0.361. The van der Waals surface area contributed by atoms with Crippen LogP contribution >= 0.6 is 0 Å². The molecule has 1 aromatic carbocycles. The van der Waals surface area contributed by atoms with E-state index in [4.69, 9.17) is 0 Å². The smallest absolute Gasteiger partial charge is 0.116 e. The number of unbranched alkanes of at least 4 members (excludes halogenated alkanes) is 2. The Bertz CT molecular complexity index is 276. The molecule has 2 heteroatoms. The number of phenolic OH excluding ortho intramolecular Hbond substituents is 1. The van der Waals surface area contributed by atoms with E-state index in [1.54, 1.807) is 6.07 Å². The average Bonchev–Trinajstić information content (AvgIpc) is 2.16. The highest BCUT2D eigenvalue weighted by Crippen LogP contribution is 2.14. The molecule has 1 aromatic rings. The molecule has 1 rings (SSSR count). The fourth-order valence-corrected chi connectivity index (χ4v) is 1.68. The van der Waals surface area contributed by atoms with Crippen molar-refractivity contribution < 1.29 is 5.11 Å². The molecule has 0 aliphatic heterocycles. The van der Waals surface area contributed by atoms with Gasteiger partial charge in [-0.3, -0.25) is 0 Å². The zero-order valence-electron chi connectivity index (χ0n) is 9.71. The molecule has 0 saturated heterocycles. The molecule has 0 radical (unpaired) electrons. The van der Waals surface area contributed by atoms with Crippen LogP contribution in [0.3, 0.4) is 0 Å². The Morgan fingerprint density at radius 2 is 2.00 bits per heavy atom. The van der Waals surface area contributed by atoms with Gasteiger partial charge in [0.1, 0.15) is 5.75 Å². The van der Waals surface area contributed by atoms with Gasteiger partial charge >= 0.3 is 0 Å². The normalized spacial score (nSPS) is 10.5. The van der Waals surface area contributed by atoms with Crippen molar-refractivity contribution in [2.24, 2.45) is 0 Å². The third kappa shape index (κ3) is 4.84.